The van der Waals surface area contributed by atoms with Crippen LogP contribution in [0.25, 0.3) is 11.1 Å². The van der Waals surface area contributed by atoms with E-state index in [9.17, 15) is 0 Å². The van der Waals surface area contributed by atoms with E-state index in [1.165, 1.54) is 22.3 Å². The number of benzene rings is 2. The van der Waals surface area contributed by atoms with E-state index >= 15 is 0 Å². The van der Waals surface area contributed by atoms with Crippen LogP contribution in [0.4, 0.5) is 0 Å². The fourth-order valence-electron chi connectivity index (χ4n) is 3.03. The van der Waals surface area contributed by atoms with Crippen molar-refractivity contribution in [3.8, 4) is 22.6 Å². The van der Waals surface area contributed by atoms with E-state index in [0.29, 0.717) is 0 Å². The van der Waals surface area contributed by atoms with Crippen molar-refractivity contribution in [2.45, 2.75) is 39.5 Å². The number of hydrogen-bond acceptors (Lipinski definition) is 2. The summed E-state index contributed by atoms with van der Waals surface area (Å²) in [6.07, 6.45) is 4.41. The van der Waals surface area contributed by atoms with Crippen molar-refractivity contribution in [3.05, 3.63) is 45.0 Å². The quantitative estimate of drug-likeness (QED) is 0.517. The molecule has 3 heteroatoms. The molecule has 124 valence electrons. The van der Waals surface area contributed by atoms with Crippen LogP contribution in [-0.2, 0) is 12.8 Å². The predicted octanol–water partition coefficient (Wildman–Crippen LogP) is 5.88. The minimum atomic E-state index is 0.898. The van der Waals surface area contributed by atoms with Crippen molar-refractivity contribution in [1.29, 1.82) is 0 Å². The summed E-state index contributed by atoms with van der Waals surface area (Å²) in [5.41, 5.74) is 5.28. The summed E-state index contributed by atoms with van der Waals surface area (Å²) in [4.78, 5) is 0. The number of ether oxygens (including phenoxy) is 2. The molecule has 0 aliphatic carbocycles. The van der Waals surface area contributed by atoms with Gasteiger partial charge in [-0.25, -0.2) is 0 Å². The molecule has 2 aromatic rings. The van der Waals surface area contributed by atoms with Gasteiger partial charge in [0.1, 0.15) is 11.5 Å². The number of halogens is 1. The van der Waals surface area contributed by atoms with Gasteiger partial charge in [-0.05, 0) is 64.3 Å². The van der Waals surface area contributed by atoms with Gasteiger partial charge in [-0.2, -0.15) is 0 Å². The fourth-order valence-corrected chi connectivity index (χ4v) is 3.97. The molecule has 0 saturated carbocycles. The summed E-state index contributed by atoms with van der Waals surface area (Å²) in [6, 6.07) is 10.7. The zero-order chi connectivity index (χ0) is 16.8. The van der Waals surface area contributed by atoms with Crippen LogP contribution in [0, 0.1) is 3.57 Å². The molecular formula is C20H25IO2. The highest BCUT2D eigenvalue weighted by Gasteiger charge is 2.19. The normalized spacial score (nSPS) is 10.7. The van der Waals surface area contributed by atoms with Gasteiger partial charge in [0.15, 0.2) is 0 Å². The SMILES string of the molecule is CCCc1cccc(CCC)c1-c1c(OC)ccc(OC)c1I. The Kier molecular flexibility index (Phi) is 6.75. The van der Waals surface area contributed by atoms with Crippen molar-refractivity contribution in [1.82, 2.24) is 0 Å². The highest BCUT2D eigenvalue weighted by molar-refractivity contribution is 14.1. The molecule has 0 radical (unpaired) electrons. The van der Waals surface area contributed by atoms with Gasteiger partial charge in [0.2, 0.25) is 0 Å². The van der Waals surface area contributed by atoms with Crippen molar-refractivity contribution in [3.63, 3.8) is 0 Å². The standard InChI is InChI=1S/C20H25IO2/c1-5-8-14-10-7-11-15(9-6-2)18(14)19-16(22-3)12-13-17(23-4)20(19)21/h7,10-13H,5-6,8-9H2,1-4H3. The number of hydrogen-bond donors (Lipinski definition) is 0. The summed E-state index contributed by atoms with van der Waals surface area (Å²) in [5, 5.41) is 0. The Morgan fingerprint density at radius 3 is 1.78 bits per heavy atom. The van der Waals surface area contributed by atoms with Crippen molar-refractivity contribution in [2.24, 2.45) is 0 Å². The largest absolute Gasteiger partial charge is 0.496 e. The molecule has 0 spiro atoms. The third-order valence-electron chi connectivity index (χ3n) is 4.03. The van der Waals surface area contributed by atoms with Gasteiger partial charge in [0, 0.05) is 5.56 Å². The molecular weight excluding hydrogens is 399 g/mol. The highest BCUT2D eigenvalue weighted by Crippen LogP contribution is 2.42. The zero-order valence-corrected chi connectivity index (χ0v) is 16.6. The Labute approximate surface area is 153 Å². The first kappa shape index (κ1) is 18.1. The van der Waals surface area contributed by atoms with Crippen LogP contribution in [-0.4, -0.2) is 14.2 Å². The summed E-state index contributed by atoms with van der Waals surface area (Å²) in [7, 11) is 3.46. The smallest absolute Gasteiger partial charge is 0.133 e. The summed E-state index contributed by atoms with van der Waals surface area (Å²) >= 11 is 2.38. The van der Waals surface area contributed by atoms with E-state index in [0.717, 1.165) is 40.8 Å². The lowest BCUT2D eigenvalue weighted by Gasteiger charge is -2.20. The first-order chi connectivity index (χ1) is 11.2. The average molecular weight is 424 g/mol. The number of methoxy groups -OCH3 is 2. The third-order valence-corrected chi connectivity index (χ3v) is 5.10. The van der Waals surface area contributed by atoms with E-state index in [-0.39, 0.29) is 0 Å². The molecule has 2 rings (SSSR count). The van der Waals surface area contributed by atoms with Crippen LogP contribution in [0.2, 0.25) is 0 Å². The summed E-state index contributed by atoms with van der Waals surface area (Å²) in [6.45, 7) is 4.45. The highest BCUT2D eigenvalue weighted by atomic mass is 127. The van der Waals surface area contributed by atoms with Crippen LogP contribution in [0.5, 0.6) is 11.5 Å². The molecule has 0 unspecified atom stereocenters. The summed E-state index contributed by atoms with van der Waals surface area (Å²) < 4.78 is 12.3. The van der Waals surface area contributed by atoms with Crippen LogP contribution < -0.4 is 9.47 Å². The van der Waals surface area contributed by atoms with Gasteiger partial charge in [0.25, 0.3) is 0 Å². The maximum Gasteiger partial charge on any atom is 0.133 e. The molecule has 0 fully saturated rings. The Hall–Kier alpha value is -1.23. The molecule has 0 amide bonds. The Morgan fingerprint density at radius 1 is 0.783 bits per heavy atom. The van der Waals surface area contributed by atoms with Gasteiger partial charge in [0.05, 0.1) is 17.8 Å². The second-order valence-corrected chi connectivity index (χ2v) is 6.69. The Balaban J connectivity index is 2.78. The van der Waals surface area contributed by atoms with Crippen LogP contribution in [0.1, 0.15) is 37.8 Å². The lowest BCUT2D eigenvalue weighted by Crippen LogP contribution is -2.01. The van der Waals surface area contributed by atoms with E-state index in [4.69, 9.17) is 9.47 Å². The molecule has 2 aromatic carbocycles. The topological polar surface area (TPSA) is 18.5 Å². The van der Waals surface area contributed by atoms with Crippen LogP contribution >= 0.6 is 22.6 Å². The Bertz CT molecular complexity index is 641. The maximum absolute atomic E-state index is 5.69. The van der Waals surface area contributed by atoms with Gasteiger partial charge in [-0.3, -0.25) is 0 Å². The maximum atomic E-state index is 5.69. The fraction of sp³-hybridized carbons (Fsp3) is 0.400. The zero-order valence-electron chi connectivity index (χ0n) is 14.4. The van der Waals surface area contributed by atoms with Gasteiger partial charge in [-0.15, -0.1) is 0 Å². The molecule has 0 aliphatic heterocycles. The van der Waals surface area contributed by atoms with Crippen LogP contribution in [0.15, 0.2) is 30.3 Å². The second kappa shape index (κ2) is 8.57. The Morgan fingerprint density at radius 2 is 1.30 bits per heavy atom. The van der Waals surface area contributed by atoms with E-state index < -0.39 is 0 Å². The second-order valence-electron chi connectivity index (χ2n) is 5.61. The molecule has 0 aliphatic rings. The number of aryl methyl sites for hydroxylation is 2. The van der Waals surface area contributed by atoms with Gasteiger partial charge in [-0.1, -0.05) is 44.9 Å². The van der Waals surface area contributed by atoms with E-state index in [1.54, 1.807) is 14.2 Å². The van der Waals surface area contributed by atoms with Crippen LogP contribution in [0.3, 0.4) is 0 Å². The lowest BCUT2D eigenvalue weighted by atomic mass is 9.89. The first-order valence-corrected chi connectivity index (χ1v) is 9.27. The average Bonchev–Trinajstić information content (AvgIpc) is 2.56. The molecule has 0 heterocycles. The van der Waals surface area contributed by atoms with E-state index in [2.05, 4.69) is 54.6 Å². The van der Waals surface area contributed by atoms with Crippen molar-refractivity contribution >= 4 is 22.6 Å². The van der Waals surface area contributed by atoms with E-state index in [1.807, 2.05) is 12.1 Å². The van der Waals surface area contributed by atoms with Crippen molar-refractivity contribution < 1.29 is 9.47 Å². The molecule has 23 heavy (non-hydrogen) atoms. The van der Waals surface area contributed by atoms with Crippen molar-refractivity contribution in [2.75, 3.05) is 14.2 Å². The lowest BCUT2D eigenvalue weighted by molar-refractivity contribution is 0.402. The molecule has 0 atom stereocenters. The van der Waals surface area contributed by atoms with Gasteiger partial charge >= 0.3 is 0 Å². The molecule has 0 bridgehead atoms. The minimum absolute atomic E-state index is 0.898. The predicted molar refractivity (Wildman–Crippen MR) is 106 cm³/mol. The first-order valence-electron chi connectivity index (χ1n) is 8.19. The molecule has 0 aromatic heterocycles. The summed E-state index contributed by atoms with van der Waals surface area (Å²) in [5.74, 6) is 1.81. The third kappa shape index (κ3) is 3.82. The molecule has 0 N–H and O–H groups in total. The van der Waals surface area contributed by atoms with Gasteiger partial charge < -0.3 is 9.47 Å². The monoisotopic (exact) mass is 424 g/mol. The molecule has 0 saturated heterocycles. The molecule has 2 nitrogen and oxygen atoms in total. The number of rotatable bonds is 7. The minimum Gasteiger partial charge on any atom is -0.496 e.